The number of rotatable bonds is 5. The minimum Gasteiger partial charge on any atom is -0.507 e. The minimum atomic E-state index is -1.25. The molecule has 9 heteroatoms. The molecule has 1 heterocycles. The maximum Gasteiger partial charge on any atom is 0.337 e. The van der Waals surface area contributed by atoms with E-state index in [0.29, 0.717) is 13.1 Å². The van der Waals surface area contributed by atoms with Crippen LogP contribution in [0.2, 0.25) is 0 Å². The highest BCUT2D eigenvalue weighted by Crippen LogP contribution is 2.15. The Hall–Kier alpha value is -3.46. The molecular formula is C17H16N4O5. The van der Waals surface area contributed by atoms with E-state index >= 15 is 0 Å². The van der Waals surface area contributed by atoms with Gasteiger partial charge in [0.05, 0.1) is 16.3 Å². The van der Waals surface area contributed by atoms with Crippen molar-refractivity contribution in [2.45, 2.75) is 0 Å². The molecule has 5 N–H and O–H groups in total. The van der Waals surface area contributed by atoms with Gasteiger partial charge in [-0.05, 0) is 19.2 Å². The third-order valence-corrected chi connectivity index (χ3v) is 3.89. The molecule has 2 aromatic carbocycles. The maximum absolute atomic E-state index is 12.2. The van der Waals surface area contributed by atoms with Gasteiger partial charge in [0.2, 0.25) is 10.9 Å². The fourth-order valence-corrected chi connectivity index (χ4v) is 2.62. The monoisotopic (exact) mass is 356 g/mol. The number of carboxylic acid groups (broad SMARTS) is 1. The molecule has 0 bridgehead atoms. The number of likely N-dealkylation sites (N-methyl/N-ethyl adjacent to an activating group) is 1. The Labute approximate surface area is 146 Å². The summed E-state index contributed by atoms with van der Waals surface area (Å²) in [6.45, 7) is 1.23. The van der Waals surface area contributed by atoms with Gasteiger partial charge in [0.15, 0.2) is 0 Å². The molecule has 0 aliphatic heterocycles. The van der Waals surface area contributed by atoms with Gasteiger partial charge in [0.25, 0.3) is 0 Å². The summed E-state index contributed by atoms with van der Waals surface area (Å²) in [6.07, 6.45) is 1.49. The van der Waals surface area contributed by atoms with Gasteiger partial charge in [0.1, 0.15) is 22.3 Å². The van der Waals surface area contributed by atoms with Crippen LogP contribution in [0.5, 0.6) is 5.75 Å². The average Bonchev–Trinajstić information content (AvgIpc) is 2.60. The van der Waals surface area contributed by atoms with Gasteiger partial charge in [-0.1, -0.05) is 0 Å². The second kappa shape index (κ2) is 6.81. The van der Waals surface area contributed by atoms with Crippen molar-refractivity contribution in [2.24, 2.45) is 0 Å². The molecule has 0 amide bonds. The number of hydrogen-bond donors (Lipinski definition) is 5. The lowest BCUT2D eigenvalue weighted by Gasteiger charge is -2.06. The molecule has 0 unspecified atom stereocenters. The third kappa shape index (κ3) is 2.95. The first-order chi connectivity index (χ1) is 12.4. The average molecular weight is 356 g/mol. The van der Waals surface area contributed by atoms with Crippen LogP contribution in [0.15, 0.2) is 27.8 Å². The zero-order valence-corrected chi connectivity index (χ0v) is 13.8. The second-order valence-electron chi connectivity index (χ2n) is 5.61. The van der Waals surface area contributed by atoms with E-state index in [1.165, 1.54) is 6.20 Å². The van der Waals surface area contributed by atoms with Crippen LogP contribution < -0.4 is 26.7 Å². The van der Waals surface area contributed by atoms with E-state index in [9.17, 15) is 24.6 Å². The largest absolute Gasteiger partial charge is 0.507 e. The quantitative estimate of drug-likeness (QED) is 0.292. The first-order valence-corrected chi connectivity index (χ1v) is 7.78. The molecule has 0 atom stereocenters. The van der Waals surface area contributed by atoms with Crippen LogP contribution in [-0.4, -0.2) is 46.3 Å². The molecule has 0 radical (unpaired) electrons. The van der Waals surface area contributed by atoms with Crippen LogP contribution in [0.3, 0.4) is 0 Å². The summed E-state index contributed by atoms with van der Waals surface area (Å²) in [4.78, 5) is 42.6. The summed E-state index contributed by atoms with van der Waals surface area (Å²) in [5.41, 5.74) is -1.29. The fraction of sp³-hybridized carbons (Fsp3) is 0.176. The van der Waals surface area contributed by atoms with Crippen LogP contribution in [-0.2, 0) is 0 Å². The summed E-state index contributed by atoms with van der Waals surface area (Å²) >= 11 is 0. The van der Waals surface area contributed by atoms with Crippen LogP contribution >= 0.6 is 0 Å². The lowest BCUT2D eigenvalue weighted by Crippen LogP contribution is -2.24. The number of nitrogens with one attached hydrogen (secondary N) is 3. The highest BCUT2D eigenvalue weighted by Gasteiger charge is 2.16. The van der Waals surface area contributed by atoms with Crippen molar-refractivity contribution < 1.29 is 15.0 Å². The topological polar surface area (TPSA) is 144 Å². The highest BCUT2D eigenvalue weighted by molar-refractivity contribution is 6.02. The van der Waals surface area contributed by atoms with Gasteiger partial charge in [-0.25, -0.2) is 9.78 Å². The van der Waals surface area contributed by atoms with E-state index in [1.54, 1.807) is 7.05 Å². The number of aromatic amines is 1. The smallest absolute Gasteiger partial charge is 0.337 e. The maximum atomic E-state index is 12.2. The number of phenols is 1. The molecule has 0 aliphatic rings. The summed E-state index contributed by atoms with van der Waals surface area (Å²) < 4.78 is 0. The third-order valence-electron chi connectivity index (χ3n) is 3.89. The number of nitrogens with zero attached hydrogens (tertiary/aromatic N) is 1. The number of fused-ring (bicyclic) bond motifs is 2. The number of phenolic OH excluding ortho intramolecular Hbond substituents is 1. The van der Waals surface area contributed by atoms with Gasteiger partial charge >= 0.3 is 5.97 Å². The molecule has 9 nitrogen and oxygen atoms in total. The lowest BCUT2D eigenvalue weighted by molar-refractivity contribution is 0.0699. The molecule has 134 valence electrons. The highest BCUT2D eigenvalue weighted by atomic mass is 16.4. The van der Waals surface area contributed by atoms with Crippen molar-refractivity contribution in [3.63, 3.8) is 0 Å². The lowest BCUT2D eigenvalue weighted by atomic mass is 10.1. The first-order valence-electron chi connectivity index (χ1n) is 7.78. The van der Waals surface area contributed by atoms with Crippen molar-refractivity contribution in [2.75, 3.05) is 20.1 Å². The number of aromatic carboxylic acids is 1. The predicted octanol–water partition coefficient (Wildman–Crippen LogP) is -0.894. The van der Waals surface area contributed by atoms with Gasteiger partial charge in [-0.15, -0.1) is 0 Å². The Bertz CT molecular complexity index is 1190. The van der Waals surface area contributed by atoms with Crippen molar-refractivity contribution in [3.8, 4) is 5.75 Å². The number of hydrogen-bond acceptors (Lipinski definition) is 7. The van der Waals surface area contributed by atoms with E-state index < -0.39 is 16.8 Å². The number of aromatic nitrogens is 2. The van der Waals surface area contributed by atoms with Gasteiger partial charge in [-0.3, -0.25) is 9.59 Å². The fourth-order valence-electron chi connectivity index (χ4n) is 2.62. The van der Waals surface area contributed by atoms with Crippen molar-refractivity contribution >= 4 is 34.2 Å². The number of benzene rings is 2. The van der Waals surface area contributed by atoms with Gasteiger partial charge in [-0.2, -0.15) is 0 Å². The van der Waals surface area contributed by atoms with Crippen molar-refractivity contribution in [3.05, 3.63) is 49.4 Å². The zero-order valence-electron chi connectivity index (χ0n) is 13.8. The number of aromatic hydroxyl groups is 1. The van der Waals surface area contributed by atoms with Crippen LogP contribution in [0.1, 0.15) is 10.4 Å². The van der Waals surface area contributed by atoms with E-state index in [-0.39, 0.29) is 38.6 Å². The van der Waals surface area contributed by atoms with Crippen molar-refractivity contribution in [1.82, 2.24) is 20.6 Å². The molecule has 3 aromatic rings. The summed E-state index contributed by atoms with van der Waals surface area (Å²) in [5, 5.41) is 25.6. The van der Waals surface area contributed by atoms with E-state index in [0.717, 1.165) is 18.2 Å². The summed E-state index contributed by atoms with van der Waals surface area (Å²) in [6, 6.07) is 3.28. The first kappa shape index (κ1) is 17.4. The molecule has 26 heavy (non-hydrogen) atoms. The number of carbonyl (C=O) groups is 1. The normalized spacial score (nSPS) is 12.0. The molecule has 0 saturated carbocycles. The Balaban J connectivity index is 2.39. The van der Waals surface area contributed by atoms with Crippen LogP contribution in [0.25, 0.3) is 28.3 Å². The standard InChI is InChI=1S/C17H16N4O5/c1-18-4-5-19-7-9-11(23)6-12(24)16-14(9)21-15-10(22)3-2-8(17(25)26)13(15)20-16/h2-3,6-7,18-20,23H,4-5H2,1H3,(H,25,26)/b9-7-. The molecular weight excluding hydrogens is 340 g/mol. The Morgan fingerprint density at radius 3 is 2.65 bits per heavy atom. The van der Waals surface area contributed by atoms with Gasteiger partial charge < -0.3 is 25.8 Å². The Morgan fingerprint density at radius 1 is 1.19 bits per heavy atom. The molecule has 0 spiro atoms. The van der Waals surface area contributed by atoms with Gasteiger partial charge in [0, 0.05) is 25.4 Å². The Kier molecular flexibility index (Phi) is 4.55. The van der Waals surface area contributed by atoms with Crippen molar-refractivity contribution in [1.29, 1.82) is 0 Å². The molecule has 1 aromatic heterocycles. The van der Waals surface area contributed by atoms with Crippen LogP contribution in [0, 0.1) is 0 Å². The Morgan fingerprint density at radius 2 is 1.96 bits per heavy atom. The number of H-pyrrole nitrogens is 1. The molecule has 0 fully saturated rings. The van der Waals surface area contributed by atoms with E-state index in [1.807, 2.05) is 0 Å². The van der Waals surface area contributed by atoms with E-state index in [4.69, 9.17) is 0 Å². The zero-order chi connectivity index (χ0) is 18.8. The minimum absolute atomic E-state index is 0.00469. The molecule has 0 saturated heterocycles. The van der Waals surface area contributed by atoms with E-state index in [2.05, 4.69) is 20.6 Å². The second-order valence-corrected chi connectivity index (χ2v) is 5.61. The molecule has 3 rings (SSSR count). The summed E-state index contributed by atoms with van der Waals surface area (Å²) in [5.74, 6) is -1.54. The predicted molar refractivity (Wildman–Crippen MR) is 96.4 cm³/mol. The number of carboxylic acids is 1. The van der Waals surface area contributed by atoms with Crippen LogP contribution in [0.4, 0.5) is 0 Å². The molecule has 0 aliphatic carbocycles. The SMILES string of the molecule is CNCCN/C=c1/c(O)cc(=O)c2[nH]c3c(C(=O)O)ccc(=O)c3nc12. The summed E-state index contributed by atoms with van der Waals surface area (Å²) in [7, 11) is 1.79.